The van der Waals surface area contributed by atoms with Crippen LogP contribution in [0.2, 0.25) is 0 Å². The lowest BCUT2D eigenvalue weighted by atomic mass is 10.0. The molecule has 0 aliphatic carbocycles. The Kier molecular flexibility index (Phi) is 3.68. The first-order chi connectivity index (χ1) is 7.10. The molecule has 0 bridgehead atoms. The number of nitrogens with two attached hydrogens (primary N) is 1. The van der Waals surface area contributed by atoms with Crippen LogP contribution in [0.15, 0.2) is 18.2 Å². The van der Waals surface area contributed by atoms with Gasteiger partial charge in [-0.1, -0.05) is 0 Å². The molecule has 82 valence electrons. The predicted molar refractivity (Wildman–Crippen MR) is 56.9 cm³/mol. The molecule has 0 fully saturated rings. The van der Waals surface area contributed by atoms with Crippen LogP contribution in [0, 0.1) is 0 Å². The molecule has 0 radical (unpaired) electrons. The number of carbonyl (C=O) groups is 1. The standard InChI is InChI=1S/C11H15NO3/c1-7(12)9-6-8(11(13)15-3)4-5-10(9)14-2/h4-7H,12H2,1-3H3. The highest BCUT2D eigenvalue weighted by Crippen LogP contribution is 2.24. The molecule has 0 spiro atoms. The van der Waals surface area contributed by atoms with Crippen molar-refractivity contribution in [1.82, 2.24) is 0 Å². The molecule has 0 saturated carbocycles. The lowest BCUT2D eigenvalue weighted by molar-refractivity contribution is 0.0600. The molecular weight excluding hydrogens is 194 g/mol. The van der Waals surface area contributed by atoms with Gasteiger partial charge in [-0.3, -0.25) is 0 Å². The summed E-state index contributed by atoms with van der Waals surface area (Å²) in [5.41, 5.74) is 7.04. The largest absolute Gasteiger partial charge is 0.496 e. The molecule has 4 nitrogen and oxygen atoms in total. The van der Waals surface area contributed by atoms with Gasteiger partial charge in [-0.05, 0) is 25.1 Å². The normalized spacial score (nSPS) is 12.0. The fraction of sp³-hybridized carbons (Fsp3) is 0.364. The maximum atomic E-state index is 11.3. The van der Waals surface area contributed by atoms with E-state index in [4.69, 9.17) is 10.5 Å². The van der Waals surface area contributed by atoms with Gasteiger partial charge < -0.3 is 15.2 Å². The first-order valence-electron chi connectivity index (χ1n) is 4.62. The minimum Gasteiger partial charge on any atom is -0.496 e. The number of ether oxygens (including phenoxy) is 2. The van der Waals surface area contributed by atoms with E-state index in [0.717, 1.165) is 5.56 Å². The van der Waals surface area contributed by atoms with Gasteiger partial charge in [0.15, 0.2) is 0 Å². The van der Waals surface area contributed by atoms with Crippen LogP contribution in [0.1, 0.15) is 28.9 Å². The van der Waals surface area contributed by atoms with Crippen LogP contribution >= 0.6 is 0 Å². The summed E-state index contributed by atoms with van der Waals surface area (Å²) in [6.07, 6.45) is 0. The molecule has 1 atom stereocenters. The van der Waals surface area contributed by atoms with E-state index in [9.17, 15) is 4.79 Å². The fourth-order valence-corrected chi connectivity index (χ4v) is 1.34. The van der Waals surface area contributed by atoms with Gasteiger partial charge in [-0.15, -0.1) is 0 Å². The zero-order valence-corrected chi connectivity index (χ0v) is 9.11. The van der Waals surface area contributed by atoms with Gasteiger partial charge in [0.1, 0.15) is 5.75 Å². The van der Waals surface area contributed by atoms with E-state index in [0.29, 0.717) is 11.3 Å². The first-order valence-corrected chi connectivity index (χ1v) is 4.62. The smallest absolute Gasteiger partial charge is 0.337 e. The van der Waals surface area contributed by atoms with Crippen molar-refractivity contribution >= 4 is 5.97 Å². The van der Waals surface area contributed by atoms with E-state index >= 15 is 0 Å². The lowest BCUT2D eigenvalue weighted by Crippen LogP contribution is -2.09. The Bertz CT molecular complexity index is 361. The molecule has 1 aromatic carbocycles. The Morgan fingerprint density at radius 2 is 2.07 bits per heavy atom. The van der Waals surface area contributed by atoms with Gasteiger partial charge in [0, 0.05) is 11.6 Å². The number of rotatable bonds is 3. The molecule has 15 heavy (non-hydrogen) atoms. The van der Waals surface area contributed by atoms with Crippen LogP contribution in [0.25, 0.3) is 0 Å². The molecule has 4 heteroatoms. The third-order valence-corrected chi connectivity index (χ3v) is 2.14. The minimum atomic E-state index is -0.375. The average Bonchev–Trinajstić information content (AvgIpc) is 2.27. The summed E-state index contributed by atoms with van der Waals surface area (Å²) in [4.78, 5) is 11.3. The highest BCUT2D eigenvalue weighted by atomic mass is 16.5. The van der Waals surface area contributed by atoms with Crippen molar-refractivity contribution < 1.29 is 14.3 Å². The van der Waals surface area contributed by atoms with Crippen LogP contribution in [0.4, 0.5) is 0 Å². The van der Waals surface area contributed by atoms with Crippen molar-refractivity contribution in [3.05, 3.63) is 29.3 Å². The fourth-order valence-electron chi connectivity index (χ4n) is 1.34. The Morgan fingerprint density at radius 3 is 2.53 bits per heavy atom. The van der Waals surface area contributed by atoms with Gasteiger partial charge in [-0.2, -0.15) is 0 Å². The second-order valence-corrected chi connectivity index (χ2v) is 3.24. The van der Waals surface area contributed by atoms with E-state index in [1.165, 1.54) is 7.11 Å². The molecule has 0 amide bonds. The molecule has 2 N–H and O–H groups in total. The second-order valence-electron chi connectivity index (χ2n) is 3.24. The van der Waals surface area contributed by atoms with Crippen molar-refractivity contribution in [3.63, 3.8) is 0 Å². The van der Waals surface area contributed by atoms with Crippen LogP contribution in [0.3, 0.4) is 0 Å². The molecule has 0 saturated heterocycles. The minimum absolute atomic E-state index is 0.190. The molecular formula is C11H15NO3. The zero-order chi connectivity index (χ0) is 11.4. The highest BCUT2D eigenvalue weighted by molar-refractivity contribution is 5.89. The number of methoxy groups -OCH3 is 2. The summed E-state index contributed by atoms with van der Waals surface area (Å²) in [6.45, 7) is 1.83. The van der Waals surface area contributed by atoms with Crippen LogP contribution in [-0.2, 0) is 4.74 Å². The Labute approximate surface area is 89.0 Å². The summed E-state index contributed by atoms with van der Waals surface area (Å²) >= 11 is 0. The summed E-state index contributed by atoms with van der Waals surface area (Å²) in [5.74, 6) is 0.303. The van der Waals surface area contributed by atoms with E-state index in [-0.39, 0.29) is 12.0 Å². The third-order valence-electron chi connectivity index (χ3n) is 2.14. The Balaban J connectivity index is 3.16. The van der Waals surface area contributed by atoms with Crippen molar-refractivity contribution in [3.8, 4) is 5.75 Å². The van der Waals surface area contributed by atoms with Gasteiger partial charge in [0.05, 0.1) is 19.8 Å². The quantitative estimate of drug-likeness (QED) is 0.766. The molecule has 0 heterocycles. The number of carbonyl (C=O) groups excluding carboxylic acids is 1. The first kappa shape index (κ1) is 11.5. The SMILES string of the molecule is COC(=O)c1ccc(OC)c(C(C)N)c1. The van der Waals surface area contributed by atoms with Crippen LogP contribution in [0.5, 0.6) is 5.75 Å². The molecule has 0 aliphatic rings. The maximum Gasteiger partial charge on any atom is 0.337 e. The summed E-state index contributed by atoms with van der Waals surface area (Å²) in [6, 6.07) is 4.86. The Hall–Kier alpha value is -1.55. The molecule has 1 aromatic rings. The molecule has 1 rings (SSSR count). The maximum absolute atomic E-state index is 11.3. The third kappa shape index (κ3) is 2.47. The van der Waals surface area contributed by atoms with Crippen molar-refractivity contribution in [2.45, 2.75) is 13.0 Å². The Morgan fingerprint density at radius 1 is 1.40 bits per heavy atom. The highest BCUT2D eigenvalue weighted by Gasteiger charge is 2.12. The number of hydrogen-bond donors (Lipinski definition) is 1. The summed E-state index contributed by atoms with van der Waals surface area (Å²) < 4.78 is 9.77. The summed E-state index contributed by atoms with van der Waals surface area (Å²) in [5, 5.41) is 0. The van der Waals surface area contributed by atoms with E-state index in [1.807, 2.05) is 6.92 Å². The zero-order valence-electron chi connectivity index (χ0n) is 9.11. The number of hydrogen-bond acceptors (Lipinski definition) is 4. The molecule has 1 unspecified atom stereocenters. The molecule has 0 aromatic heterocycles. The van der Waals surface area contributed by atoms with Crippen LogP contribution < -0.4 is 10.5 Å². The van der Waals surface area contributed by atoms with Gasteiger partial charge in [0.25, 0.3) is 0 Å². The van der Waals surface area contributed by atoms with Gasteiger partial charge >= 0.3 is 5.97 Å². The van der Waals surface area contributed by atoms with Gasteiger partial charge in [-0.25, -0.2) is 4.79 Å². The van der Waals surface area contributed by atoms with E-state index < -0.39 is 0 Å². The second kappa shape index (κ2) is 4.79. The van der Waals surface area contributed by atoms with Crippen molar-refractivity contribution in [1.29, 1.82) is 0 Å². The van der Waals surface area contributed by atoms with Crippen molar-refractivity contribution in [2.24, 2.45) is 5.73 Å². The topological polar surface area (TPSA) is 61.5 Å². The number of esters is 1. The van der Waals surface area contributed by atoms with Crippen molar-refractivity contribution in [2.75, 3.05) is 14.2 Å². The number of benzene rings is 1. The molecule has 0 aliphatic heterocycles. The summed E-state index contributed by atoms with van der Waals surface area (Å²) in [7, 11) is 2.91. The van der Waals surface area contributed by atoms with Gasteiger partial charge in [0.2, 0.25) is 0 Å². The monoisotopic (exact) mass is 209 g/mol. The van der Waals surface area contributed by atoms with E-state index in [2.05, 4.69) is 4.74 Å². The van der Waals surface area contributed by atoms with Crippen LogP contribution in [-0.4, -0.2) is 20.2 Å². The predicted octanol–water partition coefficient (Wildman–Crippen LogP) is 1.50. The van der Waals surface area contributed by atoms with E-state index in [1.54, 1.807) is 25.3 Å². The average molecular weight is 209 g/mol. The lowest BCUT2D eigenvalue weighted by Gasteiger charge is -2.12.